The van der Waals surface area contributed by atoms with Crippen molar-refractivity contribution in [1.29, 1.82) is 0 Å². The topological polar surface area (TPSA) is 29.5 Å². The zero-order valence-corrected chi connectivity index (χ0v) is 17.1. The van der Waals surface area contributed by atoms with Gasteiger partial charge < -0.3 is 9.64 Å². The van der Waals surface area contributed by atoms with E-state index in [9.17, 15) is 4.79 Å². The van der Waals surface area contributed by atoms with Crippen LogP contribution in [0, 0.1) is 0 Å². The maximum atomic E-state index is 12.2. The third-order valence-electron chi connectivity index (χ3n) is 5.39. The molecule has 0 saturated carbocycles. The van der Waals surface area contributed by atoms with Crippen molar-refractivity contribution < 1.29 is 9.53 Å². The number of hydrogen-bond acceptors (Lipinski definition) is 2. The Hall–Kier alpha value is -0.570. The molecule has 0 aromatic rings. The summed E-state index contributed by atoms with van der Waals surface area (Å²) in [6.45, 7) is 6.76. The van der Waals surface area contributed by atoms with Gasteiger partial charge in [0.2, 0.25) is 5.91 Å². The Morgan fingerprint density at radius 3 is 1.88 bits per heavy atom. The first-order chi connectivity index (χ1) is 12.3. The summed E-state index contributed by atoms with van der Waals surface area (Å²) in [5.41, 5.74) is 0. The summed E-state index contributed by atoms with van der Waals surface area (Å²) in [4.78, 5) is 14.2. The first-order valence-corrected chi connectivity index (χ1v) is 11.2. The molecule has 1 saturated heterocycles. The summed E-state index contributed by atoms with van der Waals surface area (Å²) < 4.78 is 5.61. The van der Waals surface area contributed by atoms with Gasteiger partial charge >= 0.3 is 0 Å². The highest BCUT2D eigenvalue weighted by atomic mass is 16.5. The number of amides is 1. The number of rotatable bonds is 16. The quantitative estimate of drug-likeness (QED) is 0.313. The Morgan fingerprint density at radius 2 is 1.36 bits per heavy atom. The molecule has 1 fully saturated rings. The van der Waals surface area contributed by atoms with Crippen molar-refractivity contribution in [1.82, 2.24) is 4.90 Å². The third-order valence-corrected chi connectivity index (χ3v) is 5.39. The highest BCUT2D eigenvalue weighted by molar-refractivity contribution is 5.76. The number of unbranched alkanes of at least 4 members (excludes halogenated alkanes) is 12. The first-order valence-electron chi connectivity index (χ1n) is 11.2. The minimum Gasteiger partial charge on any atom is -0.377 e. The van der Waals surface area contributed by atoms with Crippen LogP contribution in [0.4, 0.5) is 0 Å². The SMILES string of the molecule is CCCCCCCCCCCCCCCC(=O)N1CC[C@H](OCC)C1. The minimum atomic E-state index is 0.278. The van der Waals surface area contributed by atoms with Crippen molar-refractivity contribution in [3.63, 3.8) is 0 Å². The Morgan fingerprint density at radius 1 is 0.840 bits per heavy atom. The molecule has 0 aromatic carbocycles. The van der Waals surface area contributed by atoms with Gasteiger partial charge in [0.25, 0.3) is 0 Å². The van der Waals surface area contributed by atoms with Crippen LogP contribution < -0.4 is 0 Å². The summed E-state index contributed by atoms with van der Waals surface area (Å²) in [6.07, 6.45) is 19.6. The van der Waals surface area contributed by atoms with Crippen molar-refractivity contribution in [2.75, 3.05) is 19.7 Å². The molecule has 1 heterocycles. The molecule has 0 N–H and O–H groups in total. The van der Waals surface area contributed by atoms with Crippen LogP contribution in [0.3, 0.4) is 0 Å². The van der Waals surface area contributed by atoms with Gasteiger partial charge in [-0.3, -0.25) is 4.79 Å². The molecular weight excluding hydrogens is 310 g/mol. The lowest BCUT2D eigenvalue weighted by Crippen LogP contribution is -2.29. The number of carbonyl (C=O) groups excluding carboxylic acids is 1. The van der Waals surface area contributed by atoms with Crippen molar-refractivity contribution in [3.8, 4) is 0 Å². The van der Waals surface area contributed by atoms with E-state index in [2.05, 4.69) is 6.92 Å². The maximum Gasteiger partial charge on any atom is 0.222 e. The van der Waals surface area contributed by atoms with Crippen LogP contribution in [-0.2, 0) is 9.53 Å². The van der Waals surface area contributed by atoms with Crippen LogP contribution in [0.25, 0.3) is 0 Å². The highest BCUT2D eigenvalue weighted by Gasteiger charge is 2.25. The van der Waals surface area contributed by atoms with E-state index in [1.54, 1.807) is 0 Å². The van der Waals surface area contributed by atoms with E-state index in [1.165, 1.54) is 77.0 Å². The molecule has 0 radical (unpaired) electrons. The molecule has 0 spiro atoms. The fraction of sp³-hybridized carbons (Fsp3) is 0.955. The molecule has 1 amide bonds. The summed E-state index contributed by atoms with van der Waals surface area (Å²) >= 11 is 0. The van der Waals surface area contributed by atoms with Crippen LogP contribution in [0.1, 0.15) is 110 Å². The van der Waals surface area contributed by atoms with E-state index in [0.29, 0.717) is 5.91 Å². The summed E-state index contributed by atoms with van der Waals surface area (Å²) in [6, 6.07) is 0. The fourth-order valence-corrected chi connectivity index (χ4v) is 3.78. The van der Waals surface area contributed by atoms with Gasteiger partial charge in [-0.25, -0.2) is 0 Å². The monoisotopic (exact) mass is 353 g/mol. The number of likely N-dealkylation sites (tertiary alicyclic amines) is 1. The van der Waals surface area contributed by atoms with Gasteiger partial charge in [-0.2, -0.15) is 0 Å². The summed E-state index contributed by atoms with van der Waals surface area (Å²) in [7, 11) is 0. The van der Waals surface area contributed by atoms with Crippen molar-refractivity contribution in [3.05, 3.63) is 0 Å². The smallest absolute Gasteiger partial charge is 0.222 e. The molecule has 1 aliphatic rings. The lowest BCUT2D eigenvalue weighted by Gasteiger charge is -2.16. The maximum absolute atomic E-state index is 12.2. The Kier molecular flexibility index (Phi) is 14.1. The lowest BCUT2D eigenvalue weighted by atomic mass is 10.0. The highest BCUT2D eigenvalue weighted by Crippen LogP contribution is 2.16. The second-order valence-electron chi connectivity index (χ2n) is 7.70. The molecule has 0 aromatic heterocycles. The molecule has 1 atom stereocenters. The molecule has 25 heavy (non-hydrogen) atoms. The lowest BCUT2D eigenvalue weighted by molar-refractivity contribution is -0.130. The second-order valence-corrected chi connectivity index (χ2v) is 7.70. The molecular formula is C22H43NO2. The predicted molar refractivity (Wildman–Crippen MR) is 107 cm³/mol. The second kappa shape index (κ2) is 15.7. The zero-order chi connectivity index (χ0) is 18.2. The Labute approximate surface area is 156 Å². The number of hydrogen-bond donors (Lipinski definition) is 0. The zero-order valence-electron chi connectivity index (χ0n) is 17.1. The van der Waals surface area contributed by atoms with Gasteiger partial charge in [-0.05, 0) is 19.8 Å². The van der Waals surface area contributed by atoms with Gasteiger partial charge in [0.05, 0.1) is 6.10 Å². The van der Waals surface area contributed by atoms with Gasteiger partial charge in [0.15, 0.2) is 0 Å². The first kappa shape index (κ1) is 22.5. The van der Waals surface area contributed by atoms with Crippen LogP contribution in [0.15, 0.2) is 0 Å². The standard InChI is InChI=1S/C22H43NO2/c1-3-5-6-7-8-9-10-11-12-13-14-15-16-17-22(24)23-19-18-21(20-23)25-4-2/h21H,3-20H2,1-2H3/t21-/m0/s1. The molecule has 3 nitrogen and oxygen atoms in total. The van der Waals surface area contributed by atoms with Crippen molar-refractivity contribution in [2.24, 2.45) is 0 Å². The molecule has 148 valence electrons. The van der Waals surface area contributed by atoms with E-state index < -0.39 is 0 Å². The minimum absolute atomic E-state index is 0.278. The number of ether oxygens (including phenoxy) is 1. The predicted octanol–water partition coefficient (Wildman–Crippen LogP) is 6.11. The summed E-state index contributed by atoms with van der Waals surface area (Å²) in [5, 5.41) is 0. The van der Waals surface area contributed by atoms with Gasteiger partial charge in [-0.1, -0.05) is 84.0 Å². The molecule has 0 bridgehead atoms. The average Bonchev–Trinajstić information content (AvgIpc) is 3.08. The van der Waals surface area contributed by atoms with Crippen molar-refractivity contribution in [2.45, 2.75) is 116 Å². The van der Waals surface area contributed by atoms with Gasteiger partial charge in [0.1, 0.15) is 0 Å². The Bertz CT molecular complexity index is 319. The van der Waals surface area contributed by atoms with E-state index >= 15 is 0 Å². The van der Waals surface area contributed by atoms with Crippen LogP contribution in [0.5, 0.6) is 0 Å². The van der Waals surface area contributed by atoms with Gasteiger partial charge in [-0.15, -0.1) is 0 Å². The Balaban J connectivity index is 1.82. The van der Waals surface area contributed by atoms with Crippen molar-refractivity contribution >= 4 is 5.91 Å². The number of carbonyl (C=O) groups is 1. The van der Waals surface area contributed by atoms with Crippen LogP contribution in [0.2, 0.25) is 0 Å². The number of nitrogens with zero attached hydrogens (tertiary/aromatic N) is 1. The van der Waals surface area contributed by atoms with E-state index in [0.717, 1.165) is 39.0 Å². The molecule has 1 rings (SSSR count). The molecule has 3 heteroatoms. The third kappa shape index (κ3) is 11.6. The largest absolute Gasteiger partial charge is 0.377 e. The van der Waals surface area contributed by atoms with Crippen LogP contribution >= 0.6 is 0 Å². The average molecular weight is 354 g/mol. The normalized spacial score (nSPS) is 17.4. The summed E-state index contributed by atoms with van der Waals surface area (Å²) in [5.74, 6) is 0.338. The molecule has 1 aliphatic heterocycles. The van der Waals surface area contributed by atoms with E-state index in [1.807, 2.05) is 11.8 Å². The fourth-order valence-electron chi connectivity index (χ4n) is 3.78. The van der Waals surface area contributed by atoms with Gasteiger partial charge in [0, 0.05) is 26.1 Å². The molecule has 0 aliphatic carbocycles. The molecule has 0 unspecified atom stereocenters. The van der Waals surface area contributed by atoms with E-state index in [-0.39, 0.29) is 6.10 Å². The van der Waals surface area contributed by atoms with Crippen LogP contribution in [-0.4, -0.2) is 36.6 Å². The van der Waals surface area contributed by atoms with E-state index in [4.69, 9.17) is 4.74 Å².